The molecule has 1 aromatic heterocycles. The number of carbonyl (C=O) groups excluding carboxylic acids is 1. The summed E-state index contributed by atoms with van der Waals surface area (Å²) in [6.07, 6.45) is 1.46. The van der Waals surface area contributed by atoms with E-state index in [9.17, 15) is 4.79 Å². The third-order valence-electron chi connectivity index (χ3n) is 4.23. The number of pyridine rings is 1. The maximum absolute atomic E-state index is 11.3. The van der Waals surface area contributed by atoms with Crippen LogP contribution in [-0.4, -0.2) is 23.3 Å². The fourth-order valence-corrected chi connectivity index (χ4v) is 3.19. The van der Waals surface area contributed by atoms with Crippen molar-refractivity contribution in [1.82, 2.24) is 4.98 Å². The van der Waals surface area contributed by atoms with Gasteiger partial charge in [-0.25, -0.2) is 9.78 Å². The van der Waals surface area contributed by atoms with Crippen LogP contribution in [0.2, 0.25) is 0 Å². The summed E-state index contributed by atoms with van der Waals surface area (Å²) < 4.78 is 11.3. The molecule has 146 valence electrons. The maximum Gasteiger partial charge on any atom is 0.405 e. The molecule has 0 aliphatic carbocycles. The van der Waals surface area contributed by atoms with Gasteiger partial charge < -0.3 is 26.7 Å². The summed E-state index contributed by atoms with van der Waals surface area (Å²) >= 11 is 0. The predicted molar refractivity (Wildman–Crippen MR) is 107 cm³/mol. The lowest BCUT2D eigenvalue weighted by Crippen LogP contribution is -2.41. The molecule has 0 saturated heterocycles. The molecular weight excluding hydrogens is 344 g/mol. The minimum Gasteiger partial charge on any atom is -0.489 e. The number of anilines is 2. The molecule has 1 amide bonds. The number of nitrogen functional groups attached to an aromatic ring is 2. The van der Waals surface area contributed by atoms with Gasteiger partial charge in [-0.3, -0.25) is 0 Å². The first-order chi connectivity index (χ1) is 12.6. The summed E-state index contributed by atoms with van der Waals surface area (Å²) in [5.41, 5.74) is 19.4. The molecule has 1 unspecified atom stereocenters. The van der Waals surface area contributed by atoms with E-state index in [0.717, 1.165) is 16.7 Å². The van der Waals surface area contributed by atoms with Crippen molar-refractivity contribution in [2.45, 2.75) is 39.7 Å². The summed E-state index contributed by atoms with van der Waals surface area (Å²) in [4.78, 5) is 15.2. The van der Waals surface area contributed by atoms with Gasteiger partial charge >= 0.3 is 6.09 Å². The molecule has 7 nitrogen and oxygen atoms in total. The van der Waals surface area contributed by atoms with E-state index in [4.69, 9.17) is 26.7 Å². The van der Waals surface area contributed by atoms with Gasteiger partial charge in [0.1, 0.15) is 23.8 Å². The van der Waals surface area contributed by atoms with Crippen molar-refractivity contribution in [3.05, 3.63) is 36.0 Å². The van der Waals surface area contributed by atoms with Gasteiger partial charge in [-0.1, -0.05) is 19.9 Å². The molecule has 6 N–H and O–H groups in total. The van der Waals surface area contributed by atoms with Gasteiger partial charge in [0.05, 0.1) is 5.69 Å². The van der Waals surface area contributed by atoms with Crippen LogP contribution < -0.4 is 21.9 Å². The average Bonchev–Trinajstić information content (AvgIpc) is 2.54. The highest BCUT2D eigenvalue weighted by Crippen LogP contribution is 2.32. The van der Waals surface area contributed by atoms with Crippen LogP contribution in [0.25, 0.3) is 11.1 Å². The van der Waals surface area contributed by atoms with Crippen LogP contribution in [0.5, 0.6) is 5.75 Å². The number of hydrogen-bond donors (Lipinski definition) is 3. The van der Waals surface area contributed by atoms with E-state index in [1.165, 1.54) is 0 Å². The largest absolute Gasteiger partial charge is 0.489 e. The molecule has 1 heterocycles. The van der Waals surface area contributed by atoms with E-state index in [2.05, 4.69) is 4.98 Å². The highest BCUT2D eigenvalue weighted by atomic mass is 16.6. The monoisotopic (exact) mass is 372 g/mol. The van der Waals surface area contributed by atoms with Crippen LogP contribution in [0.15, 0.2) is 30.5 Å². The average molecular weight is 372 g/mol. The molecule has 0 aliphatic heterocycles. The van der Waals surface area contributed by atoms with Gasteiger partial charge in [-0.05, 0) is 55.5 Å². The molecule has 27 heavy (non-hydrogen) atoms. The van der Waals surface area contributed by atoms with Crippen molar-refractivity contribution >= 4 is 17.6 Å². The number of carbonyl (C=O) groups is 1. The second-order valence-electron chi connectivity index (χ2n) is 7.40. The Hall–Kier alpha value is -2.96. The van der Waals surface area contributed by atoms with Crippen molar-refractivity contribution in [1.29, 1.82) is 0 Å². The Kier molecular flexibility index (Phi) is 6.15. The highest BCUT2D eigenvalue weighted by molar-refractivity contribution is 5.82. The van der Waals surface area contributed by atoms with Gasteiger partial charge in [-0.2, -0.15) is 0 Å². The Balaban J connectivity index is 2.20. The van der Waals surface area contributed by atoms with E-state index in [1.54, 1.807) is 6.20 Å². The third-order valence-corrected chi connectivity index (χ3v) is 4.23. The van der Waals surface area contributed by atoms with Crippen LogP contribution in [0, 0.1) is 12.8 Å². The zero-order valence-electron chi connectivity index (χ0n) is 16.3. The lowest BCUT2D eigenvalue weighted by Gasteiger charge is -2.30. The number of benzene rings is 1. The molecule has 0 aliphatic rings. The quantitative estimate of drug-likeness (QED) is 0.683. The topological polar surface area (TPSA) is 126 Å². The smallest absolute Gasteiger partial charge is 0.405 e. The summed E-state index contributed by atoms with van der Waals surface area (Å²) in [7, 11) is 0. The fourth-order valence-electron chi connectivity index (χ4n) is 3.19. The molecule has 0 saturated carbocycles. The Bertz CT molecular complexity index is 823. The van der Waals surface area contributed by atoms with Gasteiger partial charge in [0.2, 0.25) is 0 Å². The first-order valence-electron chi connectivity index (χ1n) is 8.83. The second kappa shape index (κ2) is 8.16. The predicted octanol–water partition coefficient (Wildman–Crippen LogP) is 3.50. The zero-order valence-corrected chi connectivity index (χ0v) is 16.3. The maximum atomic E-state index is 11.3. The number of aromatic nitrogens is 1. The number of aryl methyl sites for hydroxylation is 1. The van der Waals surface area contributed by atoms with E-state index in [0.29, 0.717) is 29.6 Å². The van der Waals surface area contributed by atoms with Crippen molar-refractivity contribution in [3.8, 4) is 16.9 Å². The summed E-state index contributed by atoms with van der Waals surface area (Å²) in [5.74, 6) is 1.32. The van der Waals surface area contributed by atoms with Crippen molar-refractivity contribution in [2.75, 3.05) is 18.1 Å². The Morgan fingerprint density at radius 1 is 1.26 bits per heavy atom. The lowest BCUT2D eigenvalue weighted by molar-refractivity contribution is -0.0187. The van der Waals surface area contributed by atoms with Crippen molar-refractivity contribution in [3.63, 3.8) is 0 Å². The van der Waals surface area contributed by atoms with Crippen LogP contribution in [0.1, 0.15) is 32.8 Å². The zero-order chi connectivity index (χ0) is 20.2. The number of amides is 1. The van der Waals surface area contributed by atoms with Crippen LogP contribution in [0.4, 0.5) is 16.3 Å². The summed E-state index contributed by atoms with van der Waals surface area (Å²) in [6.45, 7) is 8.07. The van der Waals surface area contributed by atoms with Crippen LogP contribution in [-0.2, 0) is 4.74 Å². The molecule has 7 heteroatoms. The number of ether oxygens (including phenoxy) is 2. The van der Waals surface area contributed by atoms with E-state index < -0.39 is 11.7 Å². The lowest BCUT2D eigenvalue weighted by atomic mass is 9.95. The number of primary amides is 1. The Morgan fingerprint density at radius 3 is 2.56 bits per heavy atom. The minimum atomic E-state index is -0.806. The van der Waals surface area contributed by atoms with E-state index in [1.807, 2.05) is 52.0 Å². The van der Waals surface area contributed by atoms with Crippen LogP contribution >= 0.6 is 0 Å². The molecule has 1 aromatic carbocycles. The first kappa shape index (κ1) is 20.4. The highest BCUT2D eigenvalue weighted by Gasteiger charge is 2.30. The van der Waals surface area contributed by atoms with Crippen LogP contribution in [0.3, 0.4) is 0 Å². The number of rotatable bonds is 7. The molecule has 1 atom stereocenters. The van der Waals surface area contributed by atoms with E-state index in [-0.39, 0.29) is 6.61 Å². The normalized spacial score (nSPS) is 13.2. The van der Waals surface area contributed by atoms with Gasteiger partial charge in [0.25, 0.3) is 0 Å². The van der Waals surface area contributed by atoms with Gasteiger partial charge in [0.15, 0.2) is 0 Å². The number of nitrogens with two attached hydrogens (primary N) is 3. The van der Waals surface area contributed by atoms with E-state index >= 15 is 0 Å². The summed E-state index contributed by atoms with van der Waals surface area (Å²) in [6, 6.07) is 7.56. The minimum absolute atomic E-state index is 0.207. The Morgan fingerprint density at radius 2 is 1.96 bits per heavy atom. The molecule has 0 bridgehead atoms. The molecule has 0 fully saturated rings. The van der Waals surface area contributed by atoms with Gasteiger partial charge in [0, 0.05) is 11.8 Å². The second-order valence-corrected chi connectivity index (χ2v) is 7.40. The molecule has 2 rings (SSSR count). The fraction of sp³-hybridized carbons (Fsp3) is 0.400. The van der Waals surface area contributed by atoms with Crippen molar-refractivity contribution in [2.24, 2.45) is 11.7 Å². The van der Waals surface area contributed by atoms with Crippen molar-refractivity contribution < 1.29 is 14.3 Å². The summed E-state index contributed by atoms with van der Waals surface area (Å²) in [5, 5.41) is 0. The molecule has 0 radical (unpaired) electrons. The third kappa shape index (κ3) is 5.26. The molecular formula is C20H28N4O3. The SMILES string of the molecule is Cc1cc(-c2ccnc(N)c2N)ccc1OCC(C)(CC(C)C)OC(N)=O. The molecule has 0 spiro atoms. The van der Waals surface area contributed by atoms with Gasteiger partial charge in [-0.15, -0.1) is 0 Å². The standard InChI is InChI=1S/C20H28N4O3/c1-12(2)10-20(4,27-19(23)25)11-26-16-6-5-14(9-13(16)3)15-7-8-24-18(22)17(15)21/h5-9,12H,10-11,21H2,1-4H3,(H2,22,24)(H2,23,25). The number of nitrogens with zero attached hydrogens (tertiary/aromatic N) is 1. The first-order valence-corrected chi connectivity index (χ1v) is 8.83. The molecule has 2 aromatic rings. The Labute approximate surface area is 159 Å². The number of hydrogen-bond acceptors (Lipinski definition) is 6.